The van der Waals surface area contributed by atoms with Gasteiger partial charge in [-0.15, -0.1) is 24.0 Å². The number of guanidine groups is 1. The quantitative estimate of drug-likeness (QED) is 0.182. The molecule has 0 saturated carbocycles. The minimum atomic E-state index is 0. The van der Waals surface area contributed by atoms with Crippen molar-refractivity contribution in [3.8, 4) is 5.75 Å². The van der Waals surface area contributed by atoms with E-state index in [0.717, 1.165) is 48.9 Å². The summed E-state index contributed by atoms with van der Waals surface area (Å²) in [6.07, 6.45) is 4.76. The van der Waals surface area contributed by atoms with E-state index in [1.807, 2.05) is 53.3 Å². The molecule has 0 aliphatic heterocycles. The maximum atomic E-state index is 5.91. The van der Waals surface area contributed by atoms with E-state index in [4.69, 9.17) is 9.73 Å². The molecule has 2 N–H and O–H groups in total. The first kappa shape index (κ1) is 23.7. The highest BCUT2D eigenvalue weighted by Gasteiger charge is 2.01. The number of nitrogens with zero attached hydrogens (tertiary/aromatic N) is 3. The van der Waals surface area contributed by atoms with Gasteiger partial charge in [0.25, 0.3) is 0 Å². The molecular formula is C23H30IN5O. The van der Waals surface area contributed by atoms with Gasteiger partial charge < -0.3 is 15.4 Å². The molecule has 0 amide bonds. The second-order valence-corrected chi connectivity index (χ2v) is 6.67. The van der Waals surface area contributed by atoms with Crippen LogP contribution in [0.3, 0.4) is 0 Å². The lowest BCUT2D eigenvalue weighted by Crippen LogP contribution is -2.38. The highest BCUT2D eigenvalue weighted by Crippen LogP contribution is 2.16. The standard InChI is InChI=1S/C23H29N5O.HI/c1-2-24-23(25-13-7-15-28-16-8-14-27-28)26-18-21-11-6-12-22(17-21)29-19-20-9-4-3-5-10-20;/h3-6,8-12,14,16-17H,2,7,13,15,18-19H2,1H3,(H2,24,25,26);1H. The van der Waals surface area contributed by atoms with Crippen molar-refractivity contribution in [3.05, 3.63) is 84.2 Å². The molecule has 1 heterocycles. The summed E-state index contributed by atoms with van der Waals surface area (Å²) < 4.78 is 7.85. The van der Waals surface area contributed by atoms with E-state index >= 15 is 0 Å². The number of rotatable bonds is 10. The van der Waals surface area contributed by atoms with Crippen LogP contribution in [0.15, 0.2) is 78.0 Å². The van der Waals surface area contributed by atoms with Crippen LogP contribution in [0, 0.1) is 0 Å². The van der Waals surface area contributed by atoms with E-state index in [1.54, 1.807) is 6.20 Å². The van der Waals surface area contributed by atoms with E-state index in [-0.39, 0.29) is 24.0 Å². The first-order valence-corrected chi connectivity index (χ1v) is 10.1. The third-order valence-electron chi connectivity index (χ3n) is 4.33. The average Bonchev–Trinajstić information content (AvgIpc) is 3.28. The monoisotopic (exact) mass is 519 g/mol. The first-order valence-electron chi connectivity index (χ1n) is 10.1. The molecule has 3 aromatic rings. The second kappa shape index (κ2) is 13.6. The van der Waals surface area contributed by atoms with Gasteiger partial charge in [0.05, 0.1) is 6.54 Å². The van der Waals surface area contributed by atoms with E-state index in [1.165, 1.54) is 0 Å². The van der Waals surface area contributed by atoms with Gasteiger partial charge in [0, 0.05) is 32.0 Å². The molecule has 6 nitrogen and oxygen atoms in total. The van der Waals surface area contributed by atoms with Crippen LogP contribution in [0.4, 0.5) is 0 Å². The van der Waals surface area contributed by atoms with Crippen LogP contribution in [-0.2, 0) is 19.7 Å². The lowest BCUT2D eigenvalue weighted by atomic mass is 10.2. The summed E-state index contributed by atoms with van der Waals surface area (Å²) in [7, 11) is 0. The second-order valence-electron chi connectivity index (χ2n) is 6.67. The van der Waals surface area contributed by atoms with Gasteiger partial charge in [0.2, 0.25) is 0 Å². The van der Waals surface area contributed by atoms with E-state index in [2.05, 4.69) is 40.9 Å². The molecule has 0 aliphatic rings. The molecule has 1 aromatic heterocycles. The van der Waals surface area contributed by atoms with Gasteiger partial charge in [-0.3, -0.25) is 4.68 Å². The minimum Gasteiger partial charge on any atom is -0.489 e. The maximum absolute atomic E-state index is 5.91. The molecule has 0 radical (unpaired) electrons. The fraction of sp³-hybridized carbons (Fsp3) is 0.304. The van der Waals surface area contributed by atoms with Crippen molar-refractivity contribution >= 4 is 29.9 Å². The predicted molar refractivity (Wildman–Crippen MR) is 132 cm³/mol. The van der Waals surface area contributed by atoms with Gasteiger partial charge >= 0.3 is 0 Å². The number of nitrogens with one attached hydrogen (secondary N) is 2. The zero-order valence-corrected chi connectivity index (χ0v) is 19.7. The zero-order chi connectivity index (χ0) is 20.2. The Bertz CT molecular complexity index is 868. The van der Waals surface area contributed by atoms with Crippen LogP contribution >= 0.6 is 24.0 Å². The number of hydrogen-bond acceptors (Lipinski definition) is 3. The number of hydrogen-bond donors (Lipinski definition) is 2. The molecule has 7 heteroatoms. The number of aromatic nitrogens is 2. The van der Waals surface area contributed by atoms with E-state index in [0.29, 0.717) is 13.2 Å². The summed E-state index contributed by atoms with van der Waals surface area (Å²) in [5.74, 6) is 1.68. The summed E-state index contributed by atoms with van der Waals surface area (Å²) in [6, 6.07) is 20.2. The normalized spacial score (nSPS) is 10.9. The fourth-order valence-corrected chi connectivity index (χ4v) is 2.87. The topological polar surface area (TPSA) is 63.5 Å². The van der Waals surface area contributed by atoms with Crippen LogP contribution in [-0.4, -0.2) is 28.8 Å². The molecule has 0 aliphatic carbocycles. The van der Waals surface area contributed by atoms with Crippen molar-refractivity contribution < 1.29 is 4.74 Å². The van der Waals surface area contributed by atoms with Gasteiger partial charge in [0.15, 0.2) is 5.96 Å². The van der Waals surface area contributed by atoms with Crippen LogP contribution < -0.4 is 15.4 Å². The molecule has 0 atom stereocenters. The van der Waals surface area contributed by atoms with E-state index < -0.39 is 0 Å². The smallest absolute Gasteiger partial charge is 0.191 e. The zero-order valence-electron chi connectivity index (χ0n) is 17.3. The van der Waals surface area contributed by atoms with Crippen molar-refractivity contribution in [1.29, 1.82) is 0 Å². The number of ether oxygens (including phenoxy) is 1. The Morgan fingerprint density at radius 2 is 1.87 bits per heavy atom. The summed E-state index contributed by atoms with van der Waals surface area (Å²) in [5.41, 5.74) is 2.27. The fourth-order valence-electron chi connectivity index (χ4n) is 2.87. The van der Waals surface area contributed by atoms with Gasteiger partial charge in [-0.25, -0.2) is 4.99 Å². The highest BCUT2D eigenvalue weighted by atomic mass is 127. The first-order chi connectivity index (χ1) is 14.3. The third kappa shape index (κ3) is 8.44. The lowest BCUT2D eigenvalue weighted by Gasteiger charge is -2.12. The maximum Gasteiger partial charge on any atom is 0.191 e. The van der Waals surface area contributed by atoms with Gasteiger partial charge in [-0.05, 0) is 42.7 Å². The Hall–Kier alpha value is -2.55. The Labute approximate surface area is 195 Å². The summed E-state index contributed by atoms with van der Waals surface area (Å²) in [5, 5.41) is 10.9. The third-order valence-corrected chi connectivity index (χ3v) is 4.33. The van der Waals surface area contributed by atoms with Crippen molar-refractivity contribution in [2.24, 2.45) is 4.99 Å². The van der Waals surface area contributed by atoms with Gasteiger partial charge in [0.1, 0.15) is 12.4 Å². The average molecular weight is 519 g/mol. The number of benzene rings is 2. The number of halogens is 1. The summed E-state index contributed by atoms with van der Waals surface area (Å²) in [4.78, 5) is 4.69. The summed E-state index contributed by atoms with van der Waals surface area (Å²) in [6.45, 7) is 5.78. The molecule has 0 fully saturated rings. The lowest BCUT2D eigenvalue weighted by molar-refractivity contribution is 0.306. The molecule has 2 aromatic carbocycles. The van der Waals surface area contributed by atoms with Gasteiger partial charge in [-0.1, -0.05) is 42.5 Å². The Morgan fingerprint density at radius 1 is 1.03 bits per heavy atom. The Kier molecular flexibility index (Phi) is 10.8. The predicted octanol–water partition coefficient (Wildman–Crippen LogP) is 4.23. The van der Waals surface area contributed by atoms with Crippen molar-refractivity contribution in [3.63, 3.8) is 0 Å². The molecule has 0 spiro atoms. The van der Waals surface area contributed by atoms with Crippen molar-refractivity contribution in [1.82, 2.24) is 20.4 Å². The van der Waals surface area contributed by atoms with Crippen LogP contribution in [0.25, 0.3) is 0 Å². The molecule has 30 heavy (non-hydrogen) atoms. The Morgan fingerprint density at radius 3 is 2.63 bits per heavy atom. The molecular weight excluding hydrogens is 489 g/mol. The van der Waals surface area contributed by atoms with Crippen LogP contribution in [0.1, 0.15) is 24.5 Å². The Balaban J connectivity index is 0.00000320. The minimum absolute atomic E-state index is 0. The number of aliphatic imine (C=N–C) groups is 1. The van der Waals surface area contributed by atoms with Crippen molar-refractivity contribution in [2.45, 2.75) is 33.0 Å². The van der Waals surface area contributed by atoms with Crippen molar-refractivity contribution in [2.75, 3.05) is 13.1 Å². The summed E-state index contributed by atoms with van der Waals surface area (Å²) >= 11 is 0. The molecule has 0 saturated heterocycles. The SMILES string of the molecule is CCNC(=NCc1cccc(OCc2ccccc2)c1)NCCCn1cccn1.I. The van der Waals surface area contributed by atoms with Crippen LogP contribution in [0.5, 0.6) is 5.75 Å². The molecule has 0 unspecified atom stereocenters. The molecule has 0 bridgehead atoms. The molecule has 3 rings (SSSR count). The largest absolute Gasteiger partial charge is 0.489 e. The molecule has 160 valence electrons. The van der Waals surface area contributed by atoms with E-state index in [9.17, 15) is 0 Å². The van der Waals surface area contributed by atoms with Gasteiger partial charge in [-0.2, -0.15) is 5.10 Å². The van der Waals surface area contributed by atoms with Crippen LogP contribution in [0.2, 0.25) is 0 Å². The number of aryl methyl sites for hydroxylation is 1. The highest BCUT2D eigenvalue weighted by molar-refractivity contribution is 14.0.